The summed E-state index contributed by atoms with van der Waals surface area (Å²) < 4.78 is 30.3. The first kappa shape index (κ1) is 20.9. The summed E-state index contributed by atoms with van der Waals surface area (Å²) in [4.78, 5) is 25.0. The van der Waals surface area contributed by atoms with Gasteiger partial charge in [-0.2, -0.15) is 0 Å². The van der Waals surface area contributed by atoms with E-state index < -0.39 is 28.0 Å². The zero-order valence-electron chi connectivity index (χ0n) is 17.2. The number of hydrogen-bond acceptors (Lipinski definition) is 5. The van der Waals surface area contributed by atoms with Crippen LogP contribution in [0.25, 0.3) is 10.8 Å². The van der Waals surface area contributed by atoms with Crippen molar-refractivity contribution >= 4 is 44.0 Å². The van der Waals surface area contributed by atoms with Crippen molar-refractivity contribution in [3.05, 3.63) is 71.8 Å². The summed E-state index contributed by atoms with van der Waals surface area (Å²) in [6.07, 6.45) is 0.668. The van der Waals surface area contributed by atoms with Crippen LogP contribution in [-0.2, 0) is 26.0 Å². The molecule has 3 aromatic carbocycles. The minimum absolute atomic E-state index is 0.277. The molecule has 0 saturated heterocycles. The molecule has 0 aliphatic carbocycles. The van der Waals surface area contributed by atoms with Gasteiger partial charge in [-0.3, -0.25) is 9.10 Å². The summed E-state index contributed by atoms with van der Waals surface area (Å²) in [5.41, 5.74) is 2.22. The van der Waals surface area contributed by atoms with Gasteiger partial charge in [-0.15, -0.1) is 0 Å². The number of benzene rings is 3. The number of ether oxygens (including phenoxy) is 1. The summed E-state index contributed by atoms with van der Waals surface area (Å²) in [5.74, 6) is -1.07. The summed E-state index contributed by atoms with van der Waals surface area (Å²) in [7, 11) is -3.36. The highest BCUT2D eigenvalue weighted by atomic mass is 32.2. The third kappa shape index (κ3) is 4.39. The van der Waals surface area contributed by atoms with E-state index in [4.69, 9.17) is 4.74 Å². The predicted molar refractivity (Wildman–Crippen MR) is 120 cm³/mol. The number of carbonyl (C=O) groups is 2. The van der Waals surface area contributed by atoms with E-state index in [0.29, 0.717) is 24.3 Å². The van der Waals surface area contributed by atoms with E-state index in [0.717, 1.165) is 22.6 Å². The van der Waals surface area contributed by atoms with Crippen molar-refractivity contribution in [1.29, 1.82) is 0 Å². The number of anilines is 2. The molecule has 1 heterocycles. The number of carbonyl (C=O) groups excluding carboxylic acids is 2. The SMILES string of the molecule is CC(OC(=O)c1ccc2c(c1)CCN2S(C)(=O)=O)C(=O)Nc1ccc2ccccc2c1. The number of fused-ring (bicyclic) bond motifs is 2. The number of nitrogens with zero attached hydrogens (tertiary/aromatic N) is 1. The number of sulfonamides is 1. The molecule has 1 atom stereocenters. The molecule has 0 radical (unpaired) electrons. The van der Waals surface area contributed by atoms with Crippen LogP contribution in [0.5, 0.6) is 0 Å². The van der Waals surface area contributed by atoms with Gasteiger partial charge in [0.05, 0.1) is 17.5 Å². The molecule has 1 aliphatic rings. The molecule has 0 spiro atoms. The molecular weight excluding hydrogens is 416 g/mol. The molecule has 0 saturated carbocycles. The van der Waals surface area contributed by atoms with Crippen LogP contribution in [0.3, 0.4) is 0 Å². The Morgan fingerprint density at radius 1 is 1.03 bits per heavy atom. The lowest BCUT2D eigenvalue weighted by molar-refractivity contribution is -0.123. The Bertz CT molecular complexity index is 1290. The lowest BCUT2D eigenvalue weighted by Crippen LogP contribution is -2.30. The molecule has 0 aromatic heterocycles. The van der Waals surface area contributed by atoms with E-state index in [2.05, 4.69) is 5.32 Å². The van der Waals surface area contributed by atoms with Crippen molar-refractivity contribution in [3.63, 3.8) is 0 Å². The third-order valence-corrected chi connectivity index (χ3v) is 6.42. The topological polar surface area (TPSA) is 92.8 Å². The van der Waals surface area contributed by atoms with Crippen molar-refractivity contribution in [2.45, 2.75) is 19.4 Å². The average Bonchev–Trinajstić information content (AvgIpc) is 3.17. The van der Waals surface area contributed by atoms with E-state index >= 15 is 0 Å². The van der Waals surface area contributed by atoms with Crippen LogP contribution in [0.1, 0.15) is 22.8 Å². The normalized spacial score (nSPS) is 14.2. The molecule has 3 aromatic rings. The second-order valence-electron chi connectivity index (χ2n) is 7.53. The van der Waals surface area contributed by atoms with Crippen molar-refractivity contribution in [2.24, 2.45) is 0 Å². The Hall–Kier alpha value is -3.39. The van der Waals surface area contributed by atoms with Gasteiger partial charge in [0.1, 0.15) is 0 Å². The highest BCUT2D eigenvalue weighted by Gasteiger charge is 2.27. The average molecular weight is 439 g/mol. The highest BCUT2D eigenvalue weighted by Crippen LogP contribution is 2.31. The largest absolute Gasteiger partial charge is 0.449 e. The van der Waals surface area contributed by atoms with Crippen LogP contribution in [0.4, 0.5) is 11.4 Å². The molecule has 160 valence electrons. The Morgan fingerprint density at radius 3 is 2.52 bits per heavy atom. The molecule has 4 rings (SSSR count). The van der Waals surface area contributed by atoms with E-state index in [9.17, 15) is 18.0 Å². The number of hydrogen-bond donors (Lipinski definition) is 1. The molecule has 1 amide bonds. The van der Waals surface area contributed by atoms with Gasteiger partial charge in [-0.1, -0.05) is 30.3 Å². The minimum atomic E-state index is -3.36. The molecule has 1 unspecified atom stereocenters. The van der Waals surface area contributed by atoms with E-state index in [1.807, 2.05) is 36.4 Å². The Balaban J connectivity index is 1.42. The van der Waals surface area contributed by atoms with Crippen LogP contribution < -0.4 is 9.62 Å². The Labute approximate surface area is 180 Å². The summed E-state index contributed by atoms with van der Waals surface area (Å²) in [6.45, 7) is 1.85. The van der Waals surface area contributed by atoms with Crippen molar-refractivity contribution in [2.75, 3.05) is 22.4 Å². The third-order valence-electron chi connectivity index (χ3n) is 5.24. The first-order valence-electron chi connectivity index (χ1n) is 9.84. The Kier molecular flexibility index (Phi) is 5.41. The van der Waals surface area contributed by atoms with Gasteiger partial charge in [-0.25, -0.2) is 13.2 Å². The fourth-order valence-electron chi connectivity index (χ4n) is 3.64. The Morgan fingerprint density at radius 2 is 1.77 bits per heavy atom. The molecule has 0 fully saturated rings. The van der Waals surface area contributed by atoms with E-state index in [-0.39, 0.29) is 5.56 Å². The molecule has 7 nitrogen and oxygen atoms in total. The van der Waals surface area contributed by atoms with Gasteiger partial charge >= 0.3 is 5.97 Å². The highest BCUT2D eigenvalue weighted by molar-refractivity contribution is 7.92. The van der Waals surface area contributed by atoms with Crippen LogP contribution in [-0.4, -0.2) is 39.2 Å². The number of esters is 1. The smallest absolute Gasteiger partial charge is 0.338 e. The number of rotatable bonds is 5. The summed E-state index contributed by atoms with van der Waals surface area (Å²) >= 11 is 0. The molecule has 1 N–H and O–H groups in total. The lowest BCUT2D eigenvalue weighted by Gasteiger charge is -2.17. The standard InChI is InChI=1S/C23H22N2O5S/c1-15(22(26)24-20-9-7-16-5-3-4-6-17(16)14-20)30-23(27)19-8-10-21-18(13-19)11-12-25(21)31(2,28)29/h3-10,13-15H,11-12H2,1-2H3,(H,24,26). The molecule has 0 bridgehead atoms. The fraction of sp³-hybridized carbons (Fsp3) is 0.217. The van der Waals surface area contributed by atoms with E-state index in [1.54, 1.807) is 18.2 Å². The lowest BCUT2D eigenvalue weighted by atomic mass is 10.1. The monoisotopic (exact) mass is 438 g/mol. The van der Waals surface area contributed by atoms with Crippen molar-refractivity contribution in [3.8, 4) is 0 Å². The van der Waals surface area contributed by atoms with Crippen LogP contribution in [0.15, 0.2) is 60.7 Å². The first-order valence-corrected chi connectivity index (χ1v) is 11.7. The van der Waals surface area contributed by atoms with Gasteiger partial charge < -0.3 is 10.1 Å². The van der Waals surface area contributed by atoms with Crippen LogP contribution >= 0.6 is 0 Å². The molecule has 31 heavy (non-hydrogen) atoms. The molecule has 8 heteroatoms. The van der Waals surface area contributed by atoms with Gasteiger partial charge in [0, 0.05) is 12.2 Å². The van der Waals surface area contributed by atoms with Crippen LogP contribution in [0, 0.1) is 0 Å². The fourth-order valence-corrected chi connectivity index (χ4v) is 4.59. The quantitative estimate of drug-likeness (QED) is 0.617. The van der Waals surface area contributed by atoms with Crippen molar-refractivity contribution in [1.82, 2.24) is 0 Å². The second-order valence-corrected chi connectivity index (χ2v) is 9.43. The summed E-state index contributed by atoms with van der Waals surface area (Å²) in [5, 5.41) is 4.82. The zero-order chi connectivity index (χ0) is 22.2. The number of amides is 1. The van der Waals surface area contributed by atoms with Crippen LogP contribution in [0.2, 0.25) is 0 Å². The second kappa shape index (κ2) is 8.03. The summed E-state index contributed by atoms with van der Waals surface area (Å²) in [6, 6.07) is 18.1. The first-order chi connectivity index (χ1) is 14.7. The van der Waals surface area contributed by atoms with Gasteiger partial charge in [0.2, 0.25) is 10.0 Å². The minimum Gasteiger partial charge on any atom is -0.449 e. The number of nitrogens with one attached hydrogen (secondary N) is 1. The van der Waals surface area contributed by atoms with Gasteiger partial charge in [-0.05, 0) is 60.0 Å². The zero-order valence-corrected chi connectivity index (χ0v) is 18.0. The maximum atomic E-state index is 12.5. The maximum absolute atomic E-state index is 12.5. The van der Waals surface area contributed by atoms with Crippen molar-refractivity contribution < 1.29 is 22.7 Å². The predicted octanol–water partition coefficient (Wildman–Crippen LogP) is 3.35. The van der Waals surface area contributed by atoms with Gasteiger partial charge in [0.25, 0.3) is 5.91 Å². The maximum Gasteiger partial charge on any atom is 0.338 e. The molecule has 1 aliphatic heterocycles. The molecular formula is C23H22N2O5S. The van der Waals surface area contributed by atoms with E-state index in [1.165, 1.54) is 17.3 Å². The van der Waals surface area contributed by atoms with Gasteiger partial charge in [0.15, 0.2) is 6.10 Å².